The number of hydrogen-bond donors (Lipinski definition) is 1. The Balaban J connectivity index is 1.78. The third kappa shape index (κ3) is 3.57. The maximum Gasteiger partial charge on any atom is 0.254 e. The summed E-state index contributed by atoms with van der Waals surface area (Å²) in [5, 5.41) is 6.24. The molecule has 27 heavy (non-hydrogen) atoms. The van der Waals surface area contributed by atoms with Crippen LogP contribution in [0, 0.1) is 13.8 Å². The molecular formula is C19H23N5O2S. The van der Waals surface area contributed by atoms with Crippen LogP contribution in [0.25, 0.3) is 5.65 Å². The highest BCUT2D eigenvalue weighted by atomic mass is 32.1. The molecule has 3 heterocycles. The number of carbonyl (C=O) groups excluding carboxylic acids is 2. The largest absolute Gasteiger partial charge is 0.365 e. The van der Waals surface area contributed by atoms with Crippen LogP contribution in [-0.4, -0.2) is 38.4 Å². The van der Waals surface area contributed by atoms with E-state index in [1.807, 2.05) is 45.3 Å². The van der Waals surface area contributed by atoms with Gasteiger partial charge in [-0.3, -0.25) is 9.59 Å². The molecule has 0 saturated heterocycles. The maximum atomic E-state index is 12.7. The second kappa shape index (κ2) is 7.48. The number of amides is 2. The molecule has 7 nitrogen and oxygen atoms in total. The highest BCUT2D eigenvalue weighted by molar-refractivity contribution is 7.10. The number of hydrogen-bond acceptors (Lipinski definition) is 5. The van der Waals surface area contributed by atoms with Crippen LogP contribution in [0.3, 0.4) is 0 Å². The normalized spacial score (nSPS) is 12.3. The van der Waals surface area contributed by atoms with Crippen LogP contribution in [0.1, 0.15) is 51.6 Å². The topological polar surface area (TPSA) is 93.6 Å². The molecular weight excluding hydrogens is 362 g/mol. The van der Waals surface area contributed by atoms with Gasteiger partial charge in [-0.1, -0.05) is 6.07 Å². The molecule has 0 aliphatic rings. The number of rotatable bonds is 6. The zero-order valence-corrected chi connectivity index (χ0v) is 16.7. The first-order valence-electron chi connectivity index (χ1n) is 8.74. The molecule has 1 atom stereocenters. The predicted octanol–water partition coefficient (Wildman–Crippen LogP) is 2.66. The standard InChI is InChI=1S/C19H23N5O2S/c1-11-14(12(2)24-19(22-11)15(10-21-24)18(20)26)7-8-17(25)23(4)13(3)16-6-5-9-27-16/h5-6,9-10,13H,7-8H2,1-4H3,(H2,20,26). The molecule has 0 fully saturated rings. The monoisotopic (exact) mass is 385 g/mol. The number of carbonyl (C=O) groups is 2. The van der Waals surface area contributed by atoms with Crippen LogP contribution in [0.15, 0.2) is 23.7 Å². The Morgan fingerprint density at radius 2 is 2.11 bits per heavy atom. The number of fused-ring (bicyclic) bond motifs is 1. The van der Waals surface area contributed by atoms with Crippen LogP contribution < -0.4 is 5.73 Å². The van der Waals surface area contributed by atoms with Crippen molar-refractivity contribution in [3.05, 3.63) is 51.1 Å². The number of thiophene rings is 1. The van der Waals surface area contributed by atoms with Gasteiger partial charge in [0.2, 0.25) is 5.91 Å². The molecule has 142 valence electrons. The predicted molar refractivity (Wildman–Crippen MR) is 105 cm³/mol. The van der Waals surface area contributed by atoms with Crippen molar-refractivity contribution < 1.29 is 9.59 Å². The van der Waals surface area contributed by atoms with Crippen molar-refractivity contribution in [2.75, 3.05) is 7.05 Å². The molecule has 2 N–H and O–H groups in total. The lowest BCUT2D eigenvalue weighted by molar-refractivity contribution is -0.131. The summed E-state index contributed by atoms with van der Waals surface area (Å²) in [5.41, 5.74) is 8.75. The average Bonchev–Trinajstić information content (AvgIpc) is 3.29. The van der Waals surface area contributed by atoms with Crippen molar-refractivity contribution >= 4 is 28.8 Å². The molecule has 3 aromatic heterocycles. The minimum absolute atomic E-state index is 0.0459. The van der Waals surface area contributed by atoms with Crippen LogP contribution >= 0.6 is 11.3 Å². The van der Waals surface area contributed by atoms with E-state index in [0.717, 1.165) is 21.8 Å². The van der Waals surface area contributed by atoms with Gasteiger partial charge in [0.1, 0.15) is 5.56 Å². The van der Waals surface area contributed by atoms with Gasteiger partial charge in [0.05, 0.1) is 12.2 Å². The lowest BCUT2D eigenvalue weighted by Crippen LogP contribution is -2.29. The molecule has 1 unspecified atom stereocenters. The van der Waals surface area contributed by atoms with Crippen LogP contribution in [0.5, 0.6) is 0 Å². The fourth-order valence-electron chi connectivity index (χ4n) is 3.19. The van der Waals surface area contributed by atoms with E-state index in [9.17, 15) is 9.59 Å². The van der Waals surface area contributed by atoms with Gasteiger partial charge in [-0.15, -0.1) is 11.3 Å². The Bertz CT molecular complexity index is 993. The second-order valence-electron chi connectivity index (χ2n) is 6.62. The number of nitrogens with two attached hydrogens (primary N) is 1. The van der Waals surface area contributed by atoms with Gasteiger partial charge in [-0.05, 0) is 44.2 Å². The maximum absolute atomic E-state index is 12.7. The molecule has 0 saturated carbocycles. The third-order valence-electron chi connectivity index (χ3n) is 4.99. The molecule has 0 spiro atoms. The van der Waals surface area contributed by atoms with E-state index in [1.165, 1.54) is 6.20 Å². The van der Waals surface area contributed by atoms with Crippen molar-refractivity contribution in [2.45, 2.75) is 39.7 Å². The Kier molecular flexibility index (Phi) is 5.27. The SMILES string of the molecule is Cc1nc2c(C(N)=O)cnn2c(C)c1CCC(=O)N(C)C(C)c1cccs1. The summed E-state index contributed by atoms with van der Waals surface area (Å²) in [6, 6.07) is 4.08. The first kappa shape index (κ1) is 19.0. The van der Waals surface area contributed by atoms with Crippen molar-refractivity contribution in [2.24, 2.45) is 5.73 Å². The highest BCUT2D eigenvalue weighted by Crippen LogP contribution is 2.25. The molecule has 3 rings (SSSR count). The second-order valence-corrected chi connectivity index (χ2v) is 7.59. The highest BCUT2D eigenvalue weighted by Gasteiger charge is 2.20. The first-order valence-corrected chi connectivity index (χ1v) is 9.62. The molecule has 8 heteroatoms. The molecule has 3 aromatic rings. The van der Waals surface area contributed by atoms with Gasteiger partial charge in [0.25, 0.3) is 5.91 Å². The minimum atomic E-state index is -0.552. The quantitative estimate of drug-likeness (QED) is 0.706. The molecule has 0 radical (unpaired) electrons. The van der Waals surface area contributed by atoms with Gasteiger partial charge in [0.15, 0.2) is 5.65 Å². The van der Waals surface area contributed by atoms with Gasteiger partial charge < -0.3 is 10.6 Å². The van der Waals surface area contributed by atoms with Crippen molar-refractivity contribution in [1.82, 2.24) is 19.5 Å². The summed E-state index contributed by atoms with van der Waals surface area (Å²) in [5.74, 6) is -0.475. The molecule has 0 aliphatic carbocycles. The van der Waals surface area contributed by atoms with E-state index in [2.05, 4.69) is 10.1 Å². The number of aryl methyl sites for hydroxylation is 2. The van der Waals surface area contributed by atoms with Crippen LogP contribution in [0.4, 0.5) is 0 Å². The van der Waals surface area contributed by atoms with Crippen LogP contribution in [-0.2, 0) is 11.2 Å². The van der Waals surface area contributed by atoms with Gasteiger partial charge in [-0.25, -0.2) is 9.50 Å². The summed E-state index contributed by atoms with van der Waals surface area (Å²) in [6.07, 6.45) is 2.38. The molecule has 0 aromatic carbocycles. The zero-order valence-electron chi connectivity index (χ0n) is 15.9. The van der Waals surface area contributed by atoms with E-state index in [4.69, 9.17) is 5.73 Å². The lowest BCUT2D eigenvalue weighted by atomic mass is 10.1. The van der Waals surface area contributed by atoms with Crippen molar-refractivity contribution in [3.63, 3.8) is 0 Å². The Morgan fingerprint density at radius 1 is 1.37 bits per heavy atom. The average molecular weight is 385 g/mol. The fraction of sp³-hybridized carbons (Fsp3) is 0.368. The summed E-state index contributed by atoms with van der Waals surface area (Å²) >= 11 is 1.65. The van der Waals surface area contributed by atoms with E-state index in [1.54, 1.807) is 20.8 Å². The summed E-state index contributed by atoms with van der Waals surface area (Å²) in [7, 11) is 1.83. The van der Waals surface area contributed by atoms with Crippen molar-refractivity contribution in [1.29, 1.82) is 0 Å². The van der Waals surface area contributed by atoms with Gasteiger partial charge >= 0.3 is 0 Å². The summed E-state index contributed by atoms with van der Waals surface area (Å²) in [4.78, 5) is 31.6. The number of primary amides is 1. The lowest BCUT2D eigenvalue weighted by Gasteiger charge is -2.24. The Hall–Kier alpha value is -2.74. The zero-order chi connectivity index (χ0) is 19.7. The third-order valence-corrected chi connectivity index (χ3v) is 6.03. The first-order chi connectivity index (χ1) is 12.8. The minimum Gasteiger partial charge on any atom is -0.365 e. The Morgan fingerprint density at radius 3 is 2.74 bits per heavy atom. The van der Waals surface area contributed by atoms with Gasteiger partial charge in [-0.2, -0.15) is 5.10 Å². The van der Waals surface area contributed by atoms with E-state index < -0.39 is 5.91 Å². The molecule has 0 aliphatic heterocycles. The van der Waals surface area contributed by atoms with Gasteiger partial charge in [0, 0.05) is 29.7 Å². The summed E-state index contributed by atoms with van der Waals surface area (Å²) < 4.78 is 1.62. The Labute approximate surface area is 161 Å². The number of nitrogens with zero attached hydrogens (tertiary/aromatic N) is 4. The number of aromatic nitrogens is 3. The molecule has 2 amide bonds. The van der Waals surface area contributed by atoms with E-state index in [-0.39, 0.29) is 11.9 Å². The molecule has 0 bridgehead atoms. The van der Waals surface area contributed by atoms with E-state index >= 15 is 0 Å². The van der Waals surface area contributed by atoms with Crippen molar-refractivity contribution in [3.8, 4) is 0 Å². The van der Waals surface area contributed by atoms with Crippen LogP contribution in [0.2, 0.25) is 0 Å². The fourth-order valence-corrected chi connectivity index (χ4v) is 4.02. The van der Waals surface area contributed by atoms with E-state index in [0.29, 0.717) is 24.1 Å². The summed E-state index contributed by atoms with van der Waals surface area (Å²) in [6.45, 7) is 5.82. The smallest absolute Gasteiger partial charge is 0.254 e.